The van der Waals surface area contributed by atoms with Crippen molar-refractivity contribution in [3.63, 3.8) is 0 Å². The fraction of sp³-hybridized carbons (Fsp3) is 0.692. The predicted octanol–water partition coefficient (Wildman–Crippen LogP) is 2.02. The van der Waals surface area contributed by atoms with Gasteiger partial charge in [-0.1, -0.05) is 32.1 Å². The zero-order chi connectivity index (χ0) is 14.4. The number of nitrogens with one attached hydrogen (secondary N) is 1. The van der Waals surface area contributed by atoms with Crippen LogP contribution in [0.4, 0.5) is 5.82 Å². The third-order valence-electron chi connectivity index (χ3n) is 3.59. The number of hydrogen-bond acceptors (Lipinski definition) is 4. The first-order valence-electron chi connectivity index (χ1n) is 7.12. The van der Waals surface area contributed by atoms with Crippen LogP contribution < -0.4 is 5.32 Å². The van der Waals surface area contributed by atoms with Gasteiger partial charge in [0.05, 0.1) is 17.4 Å². The average Bonchev–Trinajstić information content (AvgIpc) is 2.81. The van der Waals surface area contributed by atoms with E-state index in [9.17, 15) is 14.9 Å². The molecule has 2 rings (SSSR count). The molecule has 0 saturated heterocycles. The molecule has 0 bridgehead atoms. The maximum atomic E-state index is 11.9. The molecule has 1 amide bonds. The molecular formula is C13H20N4O3. The van der Waals surface area contributed by atoms with E-state index in [1.807, 2.05) is 0 Å². The molecule has 0 atom stereocenters. The van der Waals surface area contributed by atoms with Crippen molar-refractivity contribution in [3.05, 3.63) is 22.4 Å². The molecule has 0 spiro atoms. The number of nitrogens with zero attached hydrogens (tertiary/aromatic N) is 3. The van der Waals surface area contributed by atoms with Crippen LogP contribution in [0.15, 0.2) is 12.3 Å². The minimum atomic E-state index is -0.566. The summed E-state index contributed by atoms with van der Waals surface area (Å²) in [4.78, 5) is 21.9. The van der Waals surface area contributed by atoms with Crippen molar-refractivity contribution in [1.82, 2.24) is 15.1 Å². The van der Waals surface area contributed by atoms with E-state index in [0.717, 1.165) is 25.7 Å². The van der Waals surface area contributed by atoms with Crippen molar-refractivity contribution in [2.75, 3.05) is 0 Å². The van der Waals surface area contributed by atoms with Crippen molar-refractivity contribution < 1.29 is 9.72 Å². The second-order valence-corrected chi connectivity index (χ2v) is 5.24. The molecule has 0 radical (unpaired) electrons. The van der Waals surface area contributed by atoms with Crippen LogP contribution in [0.2, 0.25) is 0 Å². The molecule has 0 aromatic carbocycles. The Bertz CT molecular complexity index is 464. The van der Waals surface area contributed by atoms with Crippen molar-refractivity contribution in [1.29, 1.82) is 0 Å². The maximum absolute atomic E-state index is 11.9. The summed E-state index contributed by atoms with van der Waals surface area (Å²) in [5.41, 5.74) is 0. The molecule has 1 aliphatic carbocycles. The van der Waals surface area contributed by atoms with Crippen LogP contribution in [0.5, 0.6) is 0 Å². The molecule has 0 aliphatic heterocycles. The van der Waals surface area contributed by atoms with E-state index >= 15 is 0 Å². The van der Waals surface area contributed by atoms with Crippen LogP contribution >= 0.6 is 0 Å². The van der Waals surface area contributed by atoms with Crippen LogP contribution in [0.1, 0.15) is 44.9 Å². The highest BCUT2D eigenvalue weighted by molar-refractivity contribution is 5.75. The van der Waals surface area contributed by atoms with Gasteiger partial charge >= 0.3 is 5.82 Å². The van der Waals surface area contributed by atoms with Gasteiger partial charge in [-0.25, -0.2) is 0 Å². The highest BCUT2D eigenvalue weighted by atomic mass is 16.6. The van der Waals surface area contributed by atoms with Gasteiger partial charge in [0.1, 0.15) is 6.54 Å². The van der Waals surface area contributed by atoms with Crippen molar-refractivity contribution in [2.45, 2.75) is 57.5 Å². The lowest BCUT2D eigenvalue weighted by atomic mass is 9.97. The summed E-state index contributed by atoms with van der Waals surface area (Å²) >= 11 is 0. The number of carbonyl (C=O) groups excluding carboxylic acids is 1. The van der Waals surface area contributed by atoms with Crippen LogP contribution in [-0.2, 0) is 11.3 Å². The second kappa shape index (κ2) is 7.02. The van der Waals surface area contributed by atoms with E-state index in [1.165, 1.54) is 36.2 Å². The molecule has 20 heavy (non-hydrogen) atoms. The van der Waals surface area contributed by atoms with Crippen LogP contribution in [0, 0.1) is 10.1 Å². The number of amides is 1. The molecule has 1 saturated carbocycles. The predicted molar refractivity (Wildman–Crippen MR) is 73.1 cm³/mol. The minimum Gasteiger partial charge on any atom is -0.358 e. The van der Waals surface area contributed by atoms with Gasteiger partial charge in [0.2, 0.25) is 5.91 Å². The van der Waals surface area contributed by atoms with Gasteiger partial charge in [-0.2, -0.15) is 4.68 Å². The molecule has 1 aromatic rings. The Kier molecular flexibility index (Phi) is 5.09. The molecule has 110 valence electrons. The molecule has 1 fully saturated rings. The highest BCUT2D eigenvalue weighted by Crippen LogP contribution is 2.17. The molecule has 1 heterocycles. The molecule has 1 aromatic heterocycles. The summed E-state index contributed by atoms with van der Waals surface area (Å²) in [5.74, 6) is -0.364. The number of aromatic nitrogens is 2. The lowest BCUT2D eigenvalue weighted by Gasteiger charge is -2.20. The van der Waals surface area contributed by atoms with Crippen LogP contribution in [0.25, 0.3) is 0 Å². The Balaban J connectivity index is 1.82. The summed E-state index contributed by atoms with van der Waals surface area (Å²) in [6, 6.07) is 1.52. The Hall–Kier alpha value is -1.92. The fourth-order valence-corrected chi connectivity index (χ4v) is 2.56. The van der Waals surface area contributed by atoms with E-state index in [2.05, 4.69) is 10.4 Å². The van der Waals surface area contributed by atoms with Crippen molar-refractivity contribution in [3.8, 4) is 0 Å². The van der Waals surface area contributed by atoms with Gasteiger partial charge in [-0.3, -0.25) is 4.79 Å². The quantitative estimate of drug-likeness (QED) is 0.674. The maximum Gasteiger partial charge on any atom is 0.389 e. The SMILES string of the molecule is O=C(Cn1ccc([N+](=O)[O-])n1)NC1CCCCCCC1. The minimum absolute atomic E-state index is 0.0321. The standard InChI is InChI=1S/C13H20N4O3/c18-13(10-16-9-8-12(15-16)17(19)20)14-11-6-4-2-1-3-5-7-11/h8-9,11H,1-7,10H2,(H,14,18). The average molecular weight is 280 g/mol. The summed E-state index contributed by atoms with van der Waals surface area (Å²) in [6.45, 7) is 0.0321. The van der Waals surface area contributed by atoms with Gasteiger partial charge in [0.25, 0.3) is 0 Å². The summed E-state index contributed by atoms with van der Waals surface area (Å²) in [7, 11) is 0. The number of nitro groups is 1. The third-order valence-corrected chi connectivity index (χ3v) is 3.59. The van der Waals surface area contributed by atoms with E-state index < -0.39 is 4.92 Å². The third kappa shape index (κ3) is 4.32. The first kappa shape index (κ1) is 14.5. The van der Waals surface area contributed by atoms with E-state index in [1.54, 1.807) is 0 Å². The lowest BCUT2D eigenvalue weighted by Crippen LogP contribution is -2.37. The summed E-state index contributed by atoms with van der Waals surface area (Å²) in [6.07, 6.45) is 9.55. The monoisotopic (exact) mass is 280 g/mol. The topological polar surface area (TPSA) is 90.1 Å². The van der Waals surface area contributed by atoms with E-state index in [4.69, 9.17) is 0 Å². The smallest absolute Gasteiger partial charge is 0.358 e. The zero-order valence-electron chi connectivity index (χ0n) is 11.5. The first-order valence-corrected chi connectivity index (χ1v) is 7.12. The zero-order valence-corrected chi connectivity index (χ0v) is 11.5. The van der Waals surface area contributed by atoms with Gasteiger partial charge in [-0.15, -0.1) is 0 Å². The molecule has 1 N–H and O–H groups in total. The normalized spacial score (nSPS) is 17.2. The van der Waals surface area contributed by atoms with E-state index in [-0.39, 0.29) is 24.3 Å². The number of carbonyl (C=O) groups is 1. The Morgan fingerprint density at radius 2 is 2.00 bits per heavy atom. The largest absolute Gasteiger partial charge is 0.389 e. The van der Waals surface area contributed by atoms with Gasteiger partial charge in [0, 0.05) is 6.04 Å². The number of rotatable bonds is 4. The van der Waals surface area contributed by atoms with Gasteiger partial charge in [-0.05, 0) is 17.8 Å². The summed E-state index contributed by atoms with van der Waals surface area (Å²) in [5, 5.41) is 17.3. The van der Waals surface area contributed by atoms with Crippen molar-refractivity contribution >= 4 is 11.7 Å². The van der Waals surface area contributed by atoms with Gasteiger partial charge in [0.15, 0.2) is 0 Å². The first-order chi connectivity index (χ1) is 9.65. The van der Waals surface area contributed by atoms with Crippen LogP contribution in [0.3, 0.4) is 0 Å². The second-order valence-electron chi connectivity index (χ2n) is 5.24. The molecule has 0 unspecified atom stereocenters. The Morgan fingerprint density at radius 1 is 1.35 bits per heavy atom. The lowest BCUT2D eigenvalue weighted by molar-refractivity contribution is -0.389. The molecule has 7 nitrogen and oxygen atoms in total. The summed E-state index contributed by atoms with van der Waals surface area (Å²) < 4.78 is 1.30. The molecule has 7 heteroatoms. The van der Waals surface area contributed by atoms with Crippen LogP contribution in [-0.4, -0.2) is 26.7 Å². The van der Waals surface area contributed by atoms with E-state index in [0.29, 0.717) is 0 Å². The van der Waals surface area contributed by atoms with Gasteiger partial charge < -0.3 is 15.4 Å². The van der Waals surface area contributed by atoms with Crippen molar-refractivity contribution in [2.24, 2.45) is 0 Å². The molecule has 1 aliphatic rings. The number of hydrogen-bond donors (Lipinski definition) is 1. The fourth-order valence-electron chi connectivity index (χ4n) is 2.56. The Labute approximate surface area is 117 Å². The Morgan fingerprint density at radius 3 is 2.60 bits per heavy atom. The highest BCUT2D eigenvalue weighted by Gasteiger charge is 2.17. The molecular weight excluding hydrogens is 260 g/mol.